The number of fused-ring (bicyclic) bond motifs is 1. The lowest BCUT2D eigenvalue weighted by atomic mass is 10.2. The standard InChI is InChI=1S/C9H4Cl2N6/c10-7-6(5-3-12-1-2-13-5)8(11)17-9(16-7)14-4-15-17/h1-4H. The minimum absolute atomic E-state index is 0.219. The molecule has 0 amide bonds. The third-order valence-electron chi connectivity index (χ3n) is 2.15. The van der Waals surface area contributed by atoms with Gasteiger partial charge in [-0.1, -0.05) is 23.2 Å². The maximum Gasteiger partial charge on any atom is 0.255 e. The number of halogens is 2. The molecule has 3 aromatic heterocycles. The van der Waals surface area contributed by atoms with Crippen molar-refractivity contribution in [3.05, 3.63) is 35.2 Å². The Morgan fingerprint density at radius 3 is 2.76 bits per heavy atom. The zero-order chi connectivity index (χ0) is 11.8. The molecular weight excluding hydrogens is 263 g/mol. The largest absolute Gasteiger partial charge is 0.261 e. The van der Waals surface area contributed by atoms with Crippen LogP contribution in [0.1, 0.15) is 0 Å². The number of hydrogen-bond acceptors (Lipinski definition) is 5. The fourth-order valence-electron chi connectivity index (χ4n) is 1.42. The van der Waals surface area contributed by atoms with Gasteiger partial charge in [-0.15, -0.1) is 0 Å². The molecule has 0 bridgehead atoms. The van der Waals surface area contributed by atoms with Crippen LogP contribution in [-0.4, -0.2) is 29.5 Å². The Hall–Kier alpha value is -1.79. The number of aromatic nitrogens is 6. The first kappa shape index (κ1) is 10.4. The van der Waals surface area contributed by atoms with E-state index >= 15 is 0 Å². The van der Waals surface area contributed by atoms with E-state index in [4.69, 9.17) is 23.2 Å². The summed E-state index contributed by atoms with van der Waals surface area (Å²) in [5, 5.41) is 4.47. The minimum atomic E-state index is 0.219. The molecule has 3 heterocycles. The summed E-state index contributed by atoms with van der Waals surface area (Å²) in [6, 6.07) is 0. The Kier molecular flexibility index (Phi) is 2.38. The van der Waals surface area contributed by atoms with Gasteiger partial charge in [0.15, 0.2) is 0 Å². The summed E-state index contributed by atoms with van der Waals surface area (Å²) in [7, 11) is 0. The summed E-state index contributed by atoms with van der Waals surface area (Å²) in [6.45, 7) is 0. The van der Waals surface area contributed by atoms with Crippen molar-refractivity contribution in [2.24, 2.45) is 0 Å². The highest BCUT2D eigenvalue weighted by atomic mass is 35.5. The van der Waals surface area contributed by atoms with Gasteiger partial charge >= 0.3 is 0 Å². The predicted octanol–water partition coefficient (Wildman–Crippen LogP) is 1.89. The highest BCUT2D eigenvalue weighted by Gasteiger charge is 2.16. The van der Waals surface area contributed by atoms with Gasteiger partial charge in [-0.05, 0) is 0 Å². The van der Waals surface area contributed by atoms with Crippen LogP contribution in [0.25, 0.3) is 17.0 Å². The monoisotopic (exact) mass is 266 g/mol. The normalized spacial score (nSPS) is 10.9. The predicted molar refractivity (Wildman–Crippen MR) is 61.8 cm³/mol. The molecule has 0 saturated heterocycles. The molecule has 0 aromatic carbocycles. The van der Waals surface area contributed by atoms with Crippen molar-refractivity contribution in [1.82, 2.24) is 29.5 Å². The van der Waals surface area contributed by atoms with Crippen molar-refractivity contribution in [3.63, 3.8) is 0 Å². The number of rotatable bonds is 1. The van der Waals surface area contributed by atoms with Crippen molar-refractivity contribution in [2.45, 2.75) is 0 Å². The molecule has 0 aliphatic heterocycles. The van der Waals surface area contributed by atoms with E-state index in [2.05, 4.69) is 25.0 Å². The van der Waals surface area contributed by atoms with Gasteiger partial charge < -0.3 is 0 Å². The molecule has 0 atom stereocenters. The molecule has 3 aromatic rings. The van der Waals surface area contributed by atoms with E-state index < -0.39 is 0 Å². The molecule has 0 unspecified atom stereocenters. The number of hydrogen-bond donors (Lipinski definition) is 0. The topological polar surface area (TPSA) is 68.9 Å². The summed E-state index contributed by atoms with van der Waals surface area (Å²) < 4.78 is 1.39. The van der Waals surface area contributed by atoms with Crippen LogP contribution in [0.2, 0.25) is 10.3 Å². The quantitative estimate of drug-likeness (QED) is 0.630. The zero-order valence-corrected chi connectivity index (χ0v) is 9.76. The van der Waals surface area contributed by atoms with Crippen molar-refractivity contribution in [2.75, 3.05) is 0 Å². The summed E-state index contributed by atoms with van der Waals surface area (Å²) >= 11 is 12.2. The van der Waals surface area contributed by atoms with Crippen molar-refractivity contribution in [3.8, 4) is 11.3 Å². The summed E-state index contributed by atoms with van der Waals surface area (Å²) in [6.07, 6.45) is 6.02. The molecule has 0 N–H and O–H groups in total. The average molecular weight is 267 g/mol. The van der Waals surface area contributed by atoms with Crippen LogP contribution < -0.4 is 0 Å². The SMILES string of the molecule is Clc1nc2ncnn2c(Cl)c1-c1cnccn1. The van der Waals surface area contributed by atoms with E-state index in [1.165, 1.54) is 10.8 Å². The first-order chi connectivity index (χ1) is 8.27. The molecule has 6 nitrogen and oxygen atoms in total. The maximum absolute atomic E-state index is 6.19. The second-order valence-electron chi connectivity index (χ2n) is 3.13. The fourth-order valence-corrected chi connectivity index (χ4v) is 2.04. The van der Waals surface area contributed by atoms with Gasteiger partial charge in [0.1, 0.15) is 16.6 Å². The molecule has 0 radical (unpaired) electrons. The van der Waals surface area contributed by atoms with Crippen molar-refractivity contribution >= 4 is 29.0 Å². The van der Waals surface area contributed by atoms with Gasteiger partial charge in [0.25, 0.3) is 5.78 Å². The minimum Gasteiger partial charge on any atom is -0.261 e. The van der Waals surface area contributed by atoms with Gasteiger partial charge in [0.2, 0.25) is 0 Å². The number of nitrogens with zero attached hydrogens (tertiary/aromatic N) is 6. The Morgan fingerprint density at radius 1 is 1.12 bits per heavy atom. The van der Waals surface area contributed by atoms with Crippen molar-refractivity contribution in [1.29, 1.82) is 0 Å². The smallest absolute Gasteiger partial charge is 0.255 e. The third-order valence-corrected chi connectivity index (χ3v) is 2.77. The van der Waals surface area contributed by atoms with Gasteiger partial charge in [-0.2, -0.15) is 19.6 Å². The van der Waals surface area contributed by atoms with E-state index in [0.717, 1.165) is 0 Å². The van der Waals surface area contributed by atoms with E-state index in [0.29, 0.717) is 22.2 Å². The van der Waals surface area contributed by atoms with E-state index in [-0.39, 0.29) is 5.15 Å². The summed E-state index contributed by atoms with van der Waals surface area (Å²) in [5.74, 6) is 0.340. The lowest BCUT2D eigenvalue weighted by Crippen LogP contribution is -1.98. The van der Waals surface area contributed by atoms with E-state index in [9.17, 15) is 0 Å². The molecule has 84 valence electrons. The second kappa shape index (κ2) is 3.90. The van der Waals surface area contributed by atoms with Gasteiger partial charge in [-0.3, -0.25) is 9.97 Å². The zero-order valence-electron chi connectivity index (χ0n) is 8.25. The Balaban J connectivity index is 2.36. The van der Waals surface area contributed by atoms with Crippen molar-refractivity contribution < 1.29 is 0 Å². The first-order valence-electron chi connectivity index (χ1n) is 4.58. The molecule has 8 heteroatoms. The van der Waals surface area contributed by atoms with Crippen LogP contribution in [0, 0.1) is 0 Å². The molecule has 0 saturated carbocycles. The molecular formula is C9H4Cl2N6. The molecule has 3 rings (SSSR count). The molecule has 0 fully saturated rings. The highest BCUT2D eigenvalue weighted by Crippen LogP contribution is 2.31. The maximum atomic E-state index is 6.19. The van der Waals surface area contributed by atoms with E-state index in [1.54, 1.807) is 18.6 Å². The van der Waals surface area contributed by atoms with Crippen LogP contribution in [-0.2, 0) is 0 Å². The first-order valence-corrected chi connectivity index (χ1v) is 5.34. The van der Waals surface area contributed by atoms with Gasteiger partial charge in [0.05, 0.1) is 17.5 Å². The highest BCUT2D eigenvalue weighted by molar-refractivity contribution is 6.37. The van der Waals surface area contributed by atoms with Crippen LogP contribution in [0.3, 0.4) is 0 Å². The Bertz CT molecular complexity index is 681. The van der Waals surface area contributed by atoms with E-state index in [1.807, 2.05) is 0 Å². The van der Waals surface area contributed by atoms with Gasteiger partial charge in [0, 0.05) is 12.4 Å². The Labute approximate surface area is 105 Å². The fraction of sp³-hybridized carbons (Fsp3) is 0. The lowest BCUT2D eigenvalue weighted by molar-refractivity contribution is 0.940. The Morgan fingerprint density at radius 2 is 2.00 bits per heavy atom. The summed E-state index contributed by atoms with van der Waals surface area (Å²) in [5.41, 5.74) is 1.02. The lowest BCUT2D eigenvalue weighted by Gasteiger charge is -2.05. The molecule has 17 heavy (non-hydrogen) atoms. The van der Waals surface area contributed by atoms with Crippen LogP contribution in [0.4, 0.5) is 0 Å². The molecule has 0 aliphatic rings. The van der Waals surface area contributed by atoms with Gasteiger partial charge in [-0.25, -0.2) is 0 Å². The second-order valence-corrected chi connectivity index (χ2v) is 3.85. The molecule has 0 aliphatic carbocycles. The van der Waals surface area contributed by atoms with Crippen LogP contribution in [0.5, 0.6) is 0 Å². The average Bonchev–Trinajstić information content (AvgIpc) is 2.78. The van der Waals surface area contributed by atoms with Crippen LogP contribution in [0.15, 0.2) is 24.9 Å². The summed E-state index contributed by atoms with van der Waals surface area (Å²) in [4.78, 5) is 16.1. The third kappa shape index (κ3) is 1.62. The molecule has 0 spiro atoms. The van der Waals surface area contributed by atoms with Crippen LogP contribution >= 0.6 is 23.2 Å².